The van der Waals surface area contributed by atoms with Crippen LogP contribution in [0.5, 0.6) is 0 Å². The Morgan fingerprint density at radius 1 is 1.44 bits per heavy atom. The van der Waals surface area contributed by atoms with E-state index in [9.17, 15) is 0 Å². The lowest BCUT2D eigenvalue weighted by atomic mass is 10.1. The minimum Gasteiger partial charge on any atom is -0.331 e. The molecule has 4 nitrogen and oxygen atoms in total. The van der Waals surface area contributed by atoms with E-state index in [-0.39, 0.29) is 0 Å². The smallest absolute Gasteiger partial charge is 0.106 e. The molecule has 2 aromatic heterocycles. The summed E-state index contributed by atoms with van der Waals surface area (Å²) in [5.41, 5.74) is 3.31. The average molecular weight is 216 g/mol. The summed E-state index contributed by atoms with van der Waals surface area (Å²) in [4.78, 5) is 8.70. The van der Waals surface area contributed by atoms with Gasteiger partial charge in [-0.25, -0.2) is 4.98 Å². The van der Waals surface area contributed by atoms with Crippen LogP contribution in [0.15, 0.2) is 24.5 Å². The van der Waals surface area contributed by atoms with Gasteiger partial charge in [0, 0.05) is 31.5 Å². The maximum atomic E-state index is 4.55. The fourth-order valence-corrected chi connectivity index (χ4v) is 1.83. The Morgan fingerprint density at radius 3 is 2.88 bits per heavy atom. The molecule has 4 heteroatoms. The van der Waals surface area contributed by atoms with Gasteiger partial charge >= 0.3 is 0 Å². The molecule has 0 saturated heterocycles. The number of nitrogens with zero attached hydrogens (tertiary/aromatic N) is 3. The minimum atomic E-state index is 0.770. The molecule has 0 radical (unpaired) electrons. The second-order valence-electron chi connectivity index (χ2n) is 3.79. The molecule has 0 aromatic carbocycles. The summed E-state index contributed by atoms with van der Waals surface area (Å²) in [5, 5.41) is 3.14. The fraction of sp³-hybridized carbons (Fsp3) is 0.333. The molecular formula is C12H16N4. The normalized spacial score (nSPS) is 10.7. The van der Waals surface area contributed by atoms with E-state index in [1.165, 1.54) is 0 Å². The Hall–Kier alpha value is -1.68. The van der Waals surface area contributed by atoms with Crippen molar-refractivity contribution in [2.24, 2.45) is 7.05 Å². The summed E-state index contributed by atoms with van der Waals surface area (Å²) in [7, 11) is 3.96. The number of hydrogen-bond acceptors (Lipinski definition) is 3. The second-order valence-corrected chi connectivity index (χ2v) is 3.79. The predicted molar refractivity (Wildman–Crippen MR) is 63.9 cm³/mol. The Bertz CT molecular complexity index is 473. The zero-order chi connectivity index (χ0) is 11.5. The Kier molecular flexibility index (Phi) is 3.01. The van der Waals surface area contributed by atoms with Gasteiger partial charge in [0.25, 0.3) is 0 Å². The van der Waals surface area contributed by atoms with Crippen LogP contribution in [0.3, 0.4) is 0 Å². The molecule has 16 heavy (non-hydrogen) atoms. The van der Waals surface area contributed by atoms with Crippen LogP contribution >= 0.6 is 0 Å². The first-order valence-corrected chi connectivity index (χ1v) is 5.31. The second kappa shape index (κ2) is 4.45. The molecule has 0 saturated carbocycles. The number of imidazole rings is 1. The number of aryl methyl sites for hydroxylation is 1. The maximum absolute atomic E-state index is 4.55. The van der Waals surface area contributed by atoms with E-state index in [1.807, 2.05) is 33.3 Å². The molecule has 0 amide bonds. The molecule has 0 unspecified atom stereocenters. The zero-order valence-corrected chi connectivity index (χ0v) is 9.86. The summed E-state index contributed by atoms with van der Waals surface area (Å²) in [6.07, 6.45) is 3.65. The average Bonchev–Trinajstić information content (AvgIpc) is 2.57. The van der Waals surface area contributed by atoms with Crippen molar-refractivity contribution in [1.29, 1.82) is 0 Å². The molecule has 0 atom stereocenters. The van der Waals surface area contributed by atoms with Gasteiger partial charge in [0.1, 0.15) is 5.82 Å². The summed E-state index contributed by atoms with van der Waals surface area (Å²) in [6.45, 7) is 2.78. The molecule has 1 N–H and O–H groups in total. The highest BCUT2D eigenvalue weighted by molar-refractivity contribution is 5.61. The van der Waals surface area contributed by atoms with Crippen LogP contribution in [0.25, 0.3) is 11.3 Å². The molecule has 0 fully saturated rings. The first-order valence-electron chi connectivity index (χ1n) is 5.31. The topological polar surface area (TPSA) is 42.7 Å². The number of nitrogens with one attached hydrogen (secondary N) is 1. The quantitative estimate of drug-likeness (QED) is 0.845. The van der Waals surface area contributed by atoms with Crippen LogP contribution < -0.4 is 5.32 Å². The molecule has 0 aliphatic rings. The van der Waals surface area contributed by atoms with Crippen molar-refractivity contribution in [3.8, 4) is 11.3 Å². The Balaban J connectivity index is 2.54. The molecule has 0 aliphatic heterocycles. The summed E-state index contributed by atoms with van der Waals surface area (Å²) in [5.74, 6) is 1.02. The van der Waals surface area contributed by atoms with Crippen LogP contribution in [0.1, 0.15) is 11.5 Å². The first kappa shape index (κ1) is 10.8. The fourth-order valence-electron chi connectivity index (χ4n) is 1.83. The van der Waals surface area contributed by atoms with Crippen LogP contribution in [-0.4, -0.2) is 21.6 Å². The standard InChI is InChI=1S/C12H16N4/c1-9-15-11(8-13-2)12(16(9)3)10-5-4-6-14-7-10/h4-7,13H,8H2,1-3H3. The van der Waals surface area contributed by atoms with Gasteiger partial charge in [0.15, 0.2) is 0 Å². The van der Waals surface area contributed by atoms with Crippen molar-refractivity contribution in [2.75, 3.05) is 7.05 Å². The van der Waals surface area contributed by atoms with Gasteiger partial charge in [-0.05, 0) is 26.1 Å². The third-order valence-electron chi connectivity index (χ3n) is 2.67. The largest absolute Gasteiger partial charge is 0.331 e. The summed E-state index contributed by atoms with van der Waals surface area (Å²) < 4.78 is 2.10. The van der Waals surface area contributed by atoms with Crippen LogP contribution in [0.2, 0.25) is 0 Å². The van der Waals surface area contributed by atoms with Crippen LogP contribution in [0, 0.1) is 6.92 Å². The molecule has 84 valence electrons. The van der Waals surface area contributed by atoms with E-state index in [4.69, 9.17) is 0 Å². The third kappa shape index (κ3) is 1.84. The maximum Gasteiger partial charge on any atom is 0.106 e. The van der Waals surface area contributed by atoms with Gasteiger partial charge in [-0.3, -0.25) is 4.98 Å². The SMILES string of the molecule is CNCc1nc(C)n(C)c1-c1cccnc1. The Labute approximate surface area is 95.4 Å². The summed E-state index contributed by atoms with van der Waals surface area (Å²) in [6, 6.07) is 4.00. The van der Waals surface area contributed by atoms with E-state index in [0.717, 1.165) is 29.3 Å². The van der Waals surface area contributed by atoms with Gasteiger partial charge < -0.3 is 9.88 Å². The van der Waals surface area contributed by atoms with Crippen molar-refractivity contribution in [1.82, 2.24) is 19.9 Å². The summed E-state index contributed by atoms with van der Waals surface area (Å²) >= 11 is 0. The van der Waals surface area contributed by atoms with Gasteiger partial charge in [-0.2, -0.15) is 0 Å². The van der Waals surface area contributed by atoms with Gasteiger partial charge in [-0.15, -0.1) is 0 Å². The van der Waals surface area contributed by atoms with E-state index in [0.29, 0.717) is 0 Å². The van der Waals surface area contributed by atoms with E-state index in [1.54, 1.807) is 6.20 Å². The van der Waals surface area contributed by atoms with Crippen molar-refractivity contribution < 1.29 is 0 Å². The number of pyridine rings is 1. The molecular weight excluding hydrogens is 200 g/mol. The predicted octanol–water partition coefficient (Wildman–Crippen LogP) is 1.51. The van der Waals surface area contributed by atoms with Crippen molar-refractivity contribution >= 4 is 0 Å². The molecule has 2 heterocycles. The van der Waals surface area contributed by atoms with E-state index in [2.05, 4.69) is 25.9 Å². The highest BCUT2D eigenvalue weighted by Crippen LogP contribution is 2.23. The van der Waals surface area contributed by atoms with Crippen molar-refractivity contribution in [3.05, 3.63) is 36.0 Å². The number of aromatic nitrogens is 3. The highest BCUT2D eigenvalue weighted by Gasteiger charge is 2.13. The van der Waals surface area contributed by atoms with E-state index < -0.39 is 0 Å². The first-order chi connectivity index (χ1) is 7.74. The zero-order valence-electron chi connectivity index (χ0n) is 9.86. The molecule has 2 aromatic rings. The number of hydrogen-bond donors (Lipinski definition) is 1. The van der Waals surface area contributed by atoms with Gasteiger partial charge in [0.2, 0.25) is 0 Å². The van der Waals surface area contributed by atoms with Crippen LogP contribution in [-0.2, 0) is 13.6 Å². The van der Waals surface area contributed by atoms with E-state index >= 15 is 0 Å². The molecule has 0 aliphatic carbocycles. The highest BCUT2D eigenvalue weighted by atomic mass is 15.1. The third-order valence-corrected chi connectivity index (χ3v) is 2.67. The van der Waals surface area contributed by atoms with Crippen molar-refractivity contribution in [2.45, 2.75) is 13.5 Å². The van der Waals surface area contributed by atoms with Gasteiger partial charge in [0.05, 0.1) is 11.4 Å². The monoisotopic (exact) mass is 216 g/mol. The lowest BCUT2D eigenvalue weighted by Crippen LogP contribution is -2.07. The molecule has 0 spiro atoms. The van der Waals surface area contributed by atoms with Crippen molar-refractivity contribution in [3.63, 3.8) is 0 Å². The molecule has 0 bridgehead atoms. The van der Waals surface area contributed by atoms with Gasteiger partial charge in [-0.1, -0.05) is 0 Å². The van der Waals surface area contributed by atoms with Crippen LogP contribution in [0.4, 0.5) is 0 Å². The lowest BCUT2D eigenvalue weighted by molar-refractivity contribution is 0.796. The minimum absolute atomic E-state index is 0.770. The number of rotatable bonds is 3. The lowest BCUT2D eigenvalue weighted by Gasteiger charge is -2.05. The Morgan fingerprint density at radius 2 is 2.25 bits per heavy atom. The molecule has 2 rings (SSSR count).